The van der Waals surface area contributed by atoms with Crippen molar-refractivity contribution in [3.05, 3.63) is 0 Å². The van der Waals surface area contributed by atoms with Gasteiger partial charge < -0.3 is 15.4 Å². The Labute approximate surface area is 98.1 Å². The zero-order chi connectivity index (χ0) is 11.6. The topological polar surface area (TPSA) is 50.4 Å². The Bertz CT molecular complexity index is 191. The van der Waals surface area contributed by atoms with E-state index < -0.39 is 0 Å². The third kappa shape index (κ3) is 6.08. The summed E-state index contributed by atoms with van der Waals surface area (Å²) < 4.78 is 5.71. The molecule has 0 radical (unpaired) electrons. The Morgan fingerprint density at radius 2 is 2.00 bits per heavy atom. The molecule has 94 valence electrons. The van der Waals surface area contributed by atoms with Crippen molar-refractivity contribution in [1.82, 2.24) is 10.6 Å². The van der Waals surface area contributed by atoms with Crippen molar-refractivity contribution in [2.45, 2.75) is 44.6 Å². The average Bonchev–Trinajstić information content (AvgIpc) is 2.33. The van der Waals surface area contributed by atoms with Gasteiger partial charge in [0.1, 0.15) is 0 Å². The van der Waals surface area contributed by atoms with Gasteiger partial charge in [0.15, 0.2) is 0 Å². The standard InChI is InChI=1S/C12H24N2O2/c1-13-8-7-12(15)14-9-10-16-11-5-3-2-4-6-11/h11,13H,2-10H2,1H3,(H,14,15). The smallest absolute Gasteiger partial charge is 0.221 e. The van der Waals surface area contributed by atoms with Gasteiger partial charge in [-0.2, -0.15) is 0 Å². The van der Waals surface area contributed by atoms with Gasteiger partial charge in [-0.15, -0.1) is 0 Å². The fraction of sp³-hybridized carbons (Fsp3) is 0.917. The number of amides is 1. The Morgan fingerprint density at radius 1 is 1.25 bits per heavy atom. The van der Waals surface area contributed by atoms with Crippen LogP contribution in [0, 0.1) is 0 Å². The molecule has 1 fully saturated rings. The van der Waals surface area contributed by atoms with E-state index in [9.17, 15) is 4.79 Å². The third-order valence-electron chi connectivity index (χ3n) is 2.93. The van der Waals surface area contributed by atoms with E-state index in [-0.39, 0.29) is 5.91 Å². The Balaban J connectivity index is 1.92. The van der Waals surface area contributed by atoms with Crippen LogP contribution in [-0.4, -0.2) is 38.8 Å². The number of hydrogen-bond acceptors (Lipinski definition) is 3. The molecule has 4 nitrogen and oxygen atoms in total. The van der Waals surface area contributed by atoms with Crippen LogP contribution < -0.4 is 10.6 Å². The van der Waals surface area contributed by atoms with Crippen molar-refractivity contribution in [3.63, 3.8) is 0 Å². The molecular formula is C12H24N2O2. The van der Waals surface area contributed by atoms with Gasteiger partial charge in [0.2, 0.25) is 5.91 Å². The lowest BCUT2D eigenvalue weighted by molar-refractivity contribution is -0.121. The largest absolute Gasteiger partial charge is 0.376 e. The van der Waals surface area contributed by atoms with Gasteiger partial charge in [0, 0.05) is 19.5 Å². The molecule has 0 aromatic carbocycles. The molecule has 0 heterocycles. The highest BCUT2D eigenvalue weighted by Gasteiger charge is 2.13. The van der Waals surface area contributed by atoms with E-state index >= 15 is 0 Å². The van der Waals surface area contributed by atoms with Crippen LogP contribution in [-0.2, 0) is 9.53 Å². The molecule has 1 rings (SSSR count). The fourth-order valence-corrected chi connectivity index (χ4v) is 1.97. The van der Waals surface area contributed by atoms with Crippen LogP contribution in [0.4, 0.5) is 0 Å². The number of ether oxygens (including phenoxy) is 1. The molecule has 1 amide bonds. The van der Waals surface area contributed by atoms with Gasteiger partial charge in [0.25, 0.3) is 0 Å². The normalized spacial score (nSPS) is 17.3. The summed E-state index contributed by atoms with van der Waals surface area (Å²) >= 11 is 0. The summed E-state index contributed by atoms with van der Waals surface area (Å²) in [7, 11) is 1.85. The summed E-state index contributed by atoms with van der Waals surface area (Å²) in [5, 5.41) is 5.80. The maximum atomic E-state index is 11.2. The van der Waals surface area contributed by atoms with Gasteiger partial charge in [0.05, 0.1) is 12.7 Å². The molecular weight excluding hydrogens is 204 g/mol. The highest BCUT2D eigenvalue weighted by atomic mass is 16.5. The minimum absolute atomic E-state index is 0.0987. The van der Waals surface area contributed by atoms with E-state index in [1.54, 1.807) is 0 Å². The van der Waals surface area contributed by atoms with Gasteiger partial charge >= 0.3 is 0 Å². The summed E-state index contributed by atoms with van der Waals surface area (Å²) in [6, 6.07) is 0. The second-order valence-electron chi connectivity index (χ2n) is 4.33. The maximum absolute atomic E-state index is 11.2. The number of nitrogens with one attached hydrogen (secondary N) is 2. The highest BCUT2D eigenvalue weighted by Crippen LogP contribution is 2.19. The zero-order valence-corrected chi connectivity index (χ0v) is 10.3. The molecule has 4 heteroatoms. The van der Waals surface area contributed by atoms with Crippen LogP contribution in [0.25, 0.3) is 0 Å². The molecule has 1 saturated carbocycles. The summed E-state index contributed by atoms with van der Waals surface area (Å²) in [5.41, 5.74) is 0. The predicted octanol–water partition coefficient (Wildman–Crippen LogP) is 1.06. The quantitative estimate of drug-likeness (QED) is 0.641. The van der Waals surface area contributed by atoms with Crippen LogP contribution in [0.15, 0.2) is 0 Å². The third-order valence-corrected chi connectivity index (χ3v) is 2.93. The van der Waals surface area contributed by atoms with Gasteiger partial charge in [-0.1, -0.05) is 19.3 Å². The molecule has 1 aliphatic carbocycles. The van der Waals surface area contributed by atoms with Gasteiger partial charge in [-0.05, 0) is 19.9 Å². The first-order valence-corrected chi connectivity index (χ1v) is 6.36. The van der Waals surface area contributed by atoms with E-state index in [2.05, 4.69) is 10.6 Å². The molecule has 0 aromatic heterocycles. The zero-order valence-electron chi connectivity index (χ0n) is 10.3. The van der Waals surface area contributed by atoms with E-state index in [1.165, 1.54) is 32.1 Å². The molecule has 0 bridgehead atoms. The summed E-state index contributed by atoms with van der Waals surface area (Å²) in [6.07, 6.45) is 7.28. The average molecular weight is 228 g/mol. The molecule has 0 atom stereocenters. The second kappa shape index (κ2) is 8.53. The molecule has 0 aromatic rings. The van der Waals surface area contributed by atoms with Crippen LogP contribution in [0.1, 0.15) is 38.5 Å². The minimum atomic E-state index is 0.0987. The monoisotopic (exact) mass is 228 g/mol. The van der Waals surface area contributed by atoms with Crippen molar-refractivity contribution in [2.75, 3.05) is 26.7 Å². The van der Waals surface area contributed by atoms with Crippen LogP contribution in [0.3, 0.4) is 0 Å². The fourth-order valence-electron chi connectivity index (χ4n) is 1.97. The van der Waals surface area contributed by atoms with Gasteiger partial charge in [-0.25, -0.2) is 0 Å². The Morgan fingerprint density at radius 3 is 2.69 bits per heavy atom. The van der Waals surface area contributed by atoms with Gasteiger partial charge in [-0.3, -0.25) is 4.79 Å². The number of carbonyl (C=O) groups is 1. The first-order chi connectivity index (χ1) is 7.83. The highest BCUT2D eigenvalue weighted by molar-refractivity contribution is 5.75. The van der Waals surface area contributed by atoms with Crippen molar-refractivity contribution >= 4 is 5.91 Å². The van der Waals surface area contributed by atoms with Crippen molar-refractivity contribution < 1.29 is 9.53 Å². The number of carbonyl (C=O) groups excluding carboxylic acids is 1. The van der Waals surface area contributed by atoms with E-state index in [0.29, 0.717) is 25.7 Å². The molecule has 0 unspecified atom stereocenters. The predicted molar refractivity (Wildman–Crippen MR) is 64.4 cm³/mol. The lowest BCUT2D eigenvalue weighted by Gasteiger charge is -2.21. The van der Waals surface area contributed by atoms with Crippen LogP contribution in [0.5, 0.6) is 0 Å². The summed E-state index contributed by atoms with van der Waals surface area (Å²) in [5.74, 6) is 0.0987. The van der Waals surface area contributed by atoms with Crippen molar-refractivity contribution in [3.8, 4) is 0 Å². The Hall–Kier alpha value is -0.610. The lowest BCUT2D eigenvalue weighted by atomic mass is 9.98. The van der Waals surface area contributed by atoms with Crippen molar-refractivity contribution in [2.24, 2.45) is 0 Å². The first-order valence-electron chi connectivity index (χ1n) is 6.36. The van der Waals surface area contributed by atoms with E-state index in [1.807, 2.05) is 7.05 Å². The molecule has 1 aliphatic rings. The minimum Gasteiger partial charge on any atom is -0.376 e. The number of hydrogen-bond donors (Lipinski definition) is 2. The van der Waals surface area contributed by atoms with Crippen LogP contribution in [0.2, 0.25) is 0 Å². The van der Waals surface area contributed by atoms with Crippen LogP contribution >= 0.6 is 0 Å². The van der Waals surface area contributed by atoms with Crippen molar-refractivity contribution in [1.29, 1.82) is 0 Å². The molecule has 0 spiro atoms. The lowest BCUT2D eigenvalue weighted by Crippen LogP contribution is -2.31. The van der Waals surface area contributed by atoms with E-state index in [0.717, 1.165) is 6.54 Å². The molecule has 0 aliphatic heterocycles. The Kier molecular flexibility index (Phi) is 7.17. The first kappa shape index (κ1) is 13.5. The molecule has 16 heavy (non-hydrogen) atoms. The van der Waals surface area contributed by atoms with E-state index in [4.69, 9.17) is 4.74 Å². The molecule has 2 N–H and O–H groups in total. The molecule has 0 saturated heterocycles. The number of rotatable bonds is 7. The summed E-state index contributed by atoms with van der Waals surface area (Å²) in [6.45, 7) is 2.02. The summed E-state index contributed by atoms with van der Waals surface area (Å²) in [4.78, 5) is 11.2. The second-order valence-corrected chi connectivity index (χ2v) is 4.33. The SMILES string of the molecule is CNCCC(=O)NCCOC1CCCCC1. The maximum Gasteiger partial charge on any atom is 0.221 e.